The van der Waals surface area contributed by atoms with Gasteiger partial charge in [-0.25, -0.2) is 4.98 Å². The van der Waals surface area contributed by atoms with Gasteiger partial charge >= 0.3 is 0 Å². The Hall–Kier alpha value is -8.02. The second kappa shape index (κ2) is 16.6. The van der Waals surface area contributed by atoms with Crippen LogP contribution in [-0.4, -0.2) is 30.9 Å². The van der Waals surface area contributed by atoms with Gasteiger partial charge in [-0.2, -0.15) is 0 Å². The maximum Gasteiger partial charge on any atom is 0.145 e. The van der Waals surface area contributed by atoms with Crippen LogP contribution in [0.1, 0.15) is 42.7 Å². The van der Waals surface area contributed by atoms with Crippen LogP contribution in [-0.2, 0) is 0 Å². The number of para-hydroxylation sites is 6. The lowest BCUT2D eigenvalue weighted by Gasteiger charge is -2.18. The lowest BCUT2D eigenvalue weighted by Crippen LogP contribution is -2.03. The number of imidazole rings is 1. The maximum absolute atomic E-state index is 5.41. The largest absolute Gasteiger partial charge is 0.313 e. The summed E-state index contributed by atoms with van der Waals surface area (Å²) < 4.78 is 7.11. The van der Waals surface area contributed by atoms with Crippen molar-refractivity contribution < 1.29 is 0 Å². The Morgan fingerprint density at radius 3 is 1.92 bits per heavy atom. The quantitative estimate of drug-likeness (QED) is 0.113. The van der Waals surface area contributed by atoms with E-state index in [1.54, 1.807) is 0 Å². The molecule has 0 saturated carbocycles. The number of hydrogen-bond donors (Lipinski definition) is 0. The number of aliphatic imine (C=N–C) groups is 1. The summed E-state index contributed by atoms with van der Waals surface area (Å²) in [6.45, 7) is 11.9. The second-order valence-corrected chi connectivity index (χ2v) is 17.5. The molecule has 0 atom stereocenters. The Labute approximate surface area is 380 Å². The Morgan fingerprint density at radius 1 is 0.600 bits per heavy atom. The van der Waals surface area contributed by atoms with E-state index in [1.807, 2.05) is 0 Å². The first-order chi connectivity index (χ1) is 31.9. The molecule has 0 N–H and O–H groups in total. The van der Waals surface area contributed by atoms with E-state index in [4.69, 9.17) is 4.98 Å². The minimum atomic E-state index is 0.535. The third-order valence-corrected chi connectivity index (χ3v) is 12.5. The van der Waals surface area contributed by atoms with Crippen molar-refractivity contribution in [3.05, 3.63) is 229 Å². The normalized spacial score (nSPS) is 13.1. The van der Waals surface area contributed by atoms with Gasteiger partial charge < -0.3 is 9.13 Å². The molecule has 10 aromatic rings. The molecule has 65 heavy (non-hydrogen) atoms. The van der Waals surface area contributed by atoms with Gasteiger partial charge in [0.2, 0.25) is 0 Å². The maximum atomic E-state index is 5.41. The van der Waals surface area contributed by atoms with E-state index in [0.717, 1.165) is 91.6 Å². The van der Waals surface area contributed by atoms with Crippen LogP contribution in [0.2, 0.25) is 0 Å². The van der Waals surface area contributed by atoms with E-state index in [9.17, 15) is 0 Å². The van der Waals surface area contributed by atoms with Gasteiger partial charge in [0.15, 0.2) is 0 Å². The summed E-state index contributed by atoms with van der Waals surface area (Å²) in [5.41, 5.74) is 17.6. The first-order valence-corrected chi connectivity index (χ1v) is 22.6. The minimum absolute atomic E-state index is 0.535. The number of benzene rings is 7. The Morgan fingerprint density at radius 2 is 1.22 bits per heavy atom. The molecule has 4 heterocycles. The van der Waals surface area contributed by atoms with Crippen molar-refractivity contribution in [2.45, 2.75) is 27.2 Å². The van der Waals surface area contributed by atoms with Crippen molar-refractivity contribution in [3.63, 3.8) is 0 Å². The van der Waals surface area contributed by atoms with Crippen molar-refractivity contribution in [2.75, 3.05) is 6.54 Å². The Balaban J connectivity index is 1.17. The summed E-state index contributed by atoms with van der Waals surface area (Å²) in [6.07, 6.45) is 12.0. The van der Waals surface area contributed by atoms with Crippen LogP contribution in [0.4, 0.5) is 0 Å². The highest BCUT2D eigenvalue weighted by Gasteiger charge is 2.21. The van der Waals surface area contributed by atoms with Crippen LogP contribution < -0.4 is 0 Å². The third kappa shape index (κ3) is 7.45. The molecule has 7 aromatic carbocycles. The first-order valence-electron chi connectivity index (χ1n) is 22.6. The number of aromatic nitrogens is 4. The fourth-order valence-electron chi connectivity index (χ4n) is 9.59. The highest BCUT2D eigenvalue weighted by Crippen LogP contribution is 2.39. The second-order valence-electron chi connectivity index (χ2n) is 17.5. The molecule has 3 aromatic heterocycles. The van der Waals surface area contributed by atoms with Crippen molar-refractivity contribution in [2.24, 2.45) is 10.9 Å². The van der Waals surface area contributed by atoms with Crippen LogP contribution in [0.25, 0.3) is 83.8 Å². The summed E-state index contributed by atoms with van der Waals surface area (Å²) in [6, 6.07) is 61.1. The zero-order chi connectivity index (χ0) is 44.0. The molecule has 1 aliphatic rings. The fourth-order valence-corrected chi connectivity index (χ4v) is 9.59. The van der Waals surface area contributed by atoms with Gasteiger partial charge in [0, 0.05) is 50.0 Å². The molecule has 0 amide bonds. The molecule has 11 rings (SSSR count). The van der Waals surface area contributed by atoms with Crippen LogP contribution in [0.5, 0.6) is 0 Å². The van der Waals surface area contributed by atoms with Gasteiger partial charge in [-0.05, 0) is 115 Å². The monoisotopic (exact) mass is 839 g/mol. The van der Waals surface area contributed by atoms with E-state index in [-0.39, 0.29) is 0 Å². The van der Waals surface area contributed by atoms with Crippen LogP contribution in [0.15, 0.2) is 211 Å². The lowest BCUT2D eigenvalue weighted by atomic mass is 9.94. The Bertz CT molecular complexity index is 3550. The van der Waals surface area contributed by atoms with Gasteiger partial charge in [0.1, 0.15) is 5.82 Å². The lowest BCUT2D eigenvalue weighted by molar-refractivity contribution is 0.651. The van der Waals surface area contributed by atoms with Gasteiger partial charge in [0.05, 0.1) is 39.8 Å². The van der Waals surface area contributed by atoms with Crippen LogP contribution in [0, 0.1) is 12.8 Å². The smallest absolute Gasteiger partial charge is 0.145 e. The summed E-state index contributed by atoms with van der Waals surface area (Å²) in [7, 11) is 0. The molecule has 0 spiro atoms. The summed E-state index contributed by atoms with van der Waals surface area (Å²) >= 11 is 0. The zero-order valence-corrected chi connectivity index (χ0v) is 37.0. The molecule has 0 radical (unpaired) electrons. The third-order valence-electron chi connectivity index (χ3n) is 12.5. The minimum Gasteiger partial charge on any atom is -0.313 e. The van der Waals surface area contributed by atoms with Crippen molar-refractivity contribution >= 4 is 61.1 Å². The van der Waals surface area contributed by atoms with Gasteiger partial charge in [0.25, 0.3) is 0 Å². The molecule has 0 bridgehead atoms. The molecule has 314 valence electrons. The zero-order valence-electron chi connectivity index (χ0n) is 37.0. The SMILES string of the molecule is C=C(/C=C\c1c(C)n(-c2cc(/C(=C\C=C/C3=NC3)c3cccc(-n4c5ccccc5c5ccccc54)c3)cc(-c3nc4ccccc4n3-c3ccccc3)c2)c2ccccc12)CC(C)C. The number of hydrogen-bond acceptors (Lipinski definition) is 2. The molecule has 5 heteroatoms. The van der Waals surface area contributed by atoms with E-state index < -0.39 is 0 Å². The average molecular weight is 840 g/mol. The highest BCUT2D eigenvalue weighted by molar-refractivity contribution is 6.09. The predicted octanol–water partition coefficient (Wildman–Crippen LogP) is 15.1. The molecular weight excluding hydrogens is 791 g/mol. The average Bonchev–Trinajstić information content (AvgIpc) is 3.88. The summed E-state index contributed by atoms with van der Waals surface area (Å²) in [5, 5.41) is 3.68. The van der Waals surface area contributed by atoms with Crippen LogP contribution in [0.3, 0.4) is 0 Å². The van der Waals surface area contributed by atoms with Crippen LogP contribution >= 0.6 is 0 Å². The van der Waals surface area contributed by atoms with E-state index >= 15 is 0 Å². The molecule has 5 nitrogen and oxygen atoms in total. The first kappa shape index (κ1) is 39.8. The number of rotatable bonds is 12. The highest BCUT2D eigenvalue weighted by atomic mass is 15.1. The van der Waals surface area contributed by atoms with Crippen molar-refractivity contribution in [1.29, 1.82) is 0 Å². The number of fused-ring (bicyclic) bond motifs is 5. The van der Waals surface area contributed by atoms with E-state index in [1.165, 1.54) is 32.8 Å². The van der Waals surface area contributed by atoms with Crippen molar-refractivity contribution in [3.8, 4) is 28.5 Å². The fraction of sp³-hybridized carbons (Fsp3) is 0.100. The van der Waals surface area contributed by atoms with Gasteiger partial charge in [-0.3, -0.25) is 9.56 Å². The molecule has 1 aliphatic heterocycles. The van der Waals surface area contributed by atoms with E-state index in [2.05, 4.69) is 246 Å². The molecule has 0 aliphatic carbocycles. The molecular formula is C60H49N5. The molecule has 0 saturated heterocycles. The summed E-state index contributed by atoms with van der Waals surface area (Å²) in [5.74, 6) is 1.41. The number of allylic oxidation sites excluding steroid dienone is 4. The number of nitrogens with zero attached hydrogens (tertiary/aromatic N) is 5. The topological polar surface area (TPSA) is 40.0 Å². The Kier molecular flexibility index (Phi) is 10.2. The predicted molar refractivity (Wildman–Crippen MR) is 275 cm³/mol. The van der Waals surface area contributed by atoms with Gasteiger partial charge in [-0.15, -0.1) is 0 Å². The van der Waals surface area contributed by atoms with Crippen molar-refractivity contribution in [1.82, 2.24) is 18.7 Å². The van der Waals surface area contributed by atoms with E-state index in [0.29, 0.717) is 5.92 Å². The summed E-state index contributed by atoms with van der Waals surface area (Å²) in [4.78, 5) is 9.88. The van der Waals surface area contributed by atoms with Gasteiger partial charge in [-0.1, -0.05) is 147 Å². The molecule has 0 fully saturated rings. The standard InChI is InChI=1S/C60H49N5/c1-40(2)34-41(3)32-33-50-42(4)63(56-28-12-8-23-52(50)56)49-37-44(35-45(38-49)60-62-55-27-11-15-31-59(55)65(60)47-20-6-5-7-21-47)51(26-17-19-46-39-61-46)43-18-16-22-48(36-43)64-57-29-13-9-24-53(57)54-25-10-14-30-58(54)64/h5-33,35-38,40H,3,34,39H2,1-2,4H3/b19-17-,33-32-,51-26-. The molecule has 0 unspecified atom stereocenters.